The molecule has 0 fully saturated rings. The molecule has 0 saturated heterocycles. The van der Waals surface area contributed by atoms with E-state index in [1.165, 1.54) is 16.3 Å². The summed E-state index contributed by atoms with van der Waals surface area (Å²) in [5, 5.41) is 3.60. The van der Waals surface area contributed by atoms with Gasteiger partial charge in [0.25, 0.3) is 0 Å². The van der Waals surface area contributed by atoms with Crippen molar-refractivity contribution in [1.82, 2.24) is 14.5 Å². The van der Waals surface area contributed by atoms with Gasteiger partial charge in [0.05, 0.1) is 30.5 Å². The van der Waals surface area contributed by atoms with E-state index in [2.05, 4.69) is 147 Å². The minimum atomic E-state index is -1.26. The molecule has 0 atom stereocenters. The van der Waals surface area contributed by atoms with Crippen molar-refractivity contribution in [3.8, 4) is 22.6 Å². The number of aromatic nitrogens is 3. The molecule has 5 aromatic carbocycles. The molecule has 8 aromatic rings. The van der Waals surface area contributed by atoms with E-state index in [9.17, 15) is 0 Å². The zero-order valence-corrected chi connectivity index (χ0v) is 32.8. The first-order valence-electron chi connectivity index (χ1n) is 16.9. The van der Waals surface area contributed by atoms with Crippen molar-refractivity contribution in [2.75, 3.05) is 0 Å². The molecule has 253 valence electrons. The van der Waals surface area contributed by atoms with Crippen LogP contribution < -0.4 is 5.19 Å². The largest absolute Gasteiger partial charge is 0.501 e. The molecule has 1 radical (unpaired) electrons. The molecular weight excluding hydrogens is 807 g/mol. The second-order valence-corrected chi connectivity index (χ2v) is 19.7. The average molecular weight is 848 g/mol. The SMILES string of the molecule is CC(C)(C)c1c[c-]c(-c2ccc([Si](C)(C)C)cn2)cc1.[Ir].[c-]1ccc2c(oc3ccccc32)c1-c1nc2ccccc2n1Cc1ccccc1. The van der Waals surface area contributed by atoms with Gasteiger partial charge in [-0.15, -0.1) is 53.6 Å². The molecule has 8 rings (SSSR count). The number of furan rings is 1. The number of benzene rings is 5. The van der Waals surface area contributed by atoms with Gasteiger partial charge in [0.2, 0.25) is 0 Å². The summed E-state index contributed by atoms with van der Waals surface area (Å²) in [6.45, 7) is 14.4. The van der Waals surface area contributed by atoms with Gasteiger partial charge in [0.15, 0.2) is 0 Å². The van der Waals surface area contributed by atoms with Crippen molar-refractivity contribution in [3.05, 3.63) is 151 Å². The molecule has 0 N–H and O–H groups in total. The van der Waals surface area contributed by atoms with Crippen molar-refractivity contribution in [2.45, 2.75) is 52.4 Å². The van der Waals surface area contributed by atoms with Gasteiger partial charge >= 0.3 is 0 Å². The third kappa shape index (κ3) is 7.29. The fraction of sp³-hybridized carbons (Fsp3) is 0.182. The predicted molar refractivity (Wildman–Crippen MR) is 207 cm³/mol. The van der Waals surface area contributed by atoms with Crippen LogP contribution in [0.25, 0.3) is 55.6 Å². The Morgan fingerprint density at radius 3 is 2.20 bits per heavy atom. The molecule has 0 aliphatic heterocycles. The fourth-order valence-electron chi connectivity index (χ4n) is 6.10. The molecule has 4 nitrogen and oxygen atoms in total. The van der Waals surface area contributed by atoms with Crippen molar-refractivity contribution in [2.24, 2.45) is 0 Å². The smallest absolute Gasteiger partial charge is 0.120 e. The predicted octanol–water partition coefficient (Wildman–Crippen LogP) is 10.8. The van der Waals surface area contributed by atoms with Crippen LogP contribution in [0.2, 0.25) is 19.6 Å². The van der Waals surface area contributed by atoms with Gasteiger partial charge in [-0.1, -0.05) is 124 Å². The Balaban J connectivity index is 0.000000182. The molecule has 0 spiro atoms. The minimum absolute atomic E-state index is 0. The van der Waals surface area contributed by atoms with Crippen LogP contribution in [0.15, 0.2) is 132 Å². The average Bonchev–Trinajstić information content (AvgIpc) is 3.67. The van der Waals surface area contributed by atoms with Gasteiger partial charge in [-0.05, 0) is 40.1 Å². The number of imidazole rings is 1. The van der Waals surface area contributed by atoms with E-state index in [-0.39, 0.29) is 25.5 Å². The third-order valence-corrected chi connectivity index (χ3v) is 11.0. The summed E-state index contributed by atoms with van der Waals surface area (Å²) in [4.78, 5) is 9.58. The minimum Gasteiger partial charge on any atom is -0.501 e. The standard InChI is InChI=1S/C26H17N2O.C18H24NSi.Ir/c1-2-9-18(10-3-1)17-28-23-15-6-5-14-22(23)27-26(28)21-13-8-12-20-19-11-4-7-16-24(19)29-25(20)21;1-18(2,3)15-9-7-14(8-10-15)17-12-11-16(13-19-17)20(4,5)6;/h1-12,14-16H,17H2;7,9-13H,1-6H3;/q2*-1;. The van der Waals surface area contributed by atoms with Crippen LogP contribution in [-0.2, 0) is 32.1 Å². The topological polar surface area (TPSA) is 43.9 Å². The summed E-state index contributed by atoms with van der Waals surface area (Å²) in [7, 11) is -1.26. The van der Waals surface area contributed by atoms with Crippen LogP contribution >= 0.6 is 0 Å². The summed E-state index contributed by atoms with van der Waals surface area (Å²) >= 11 is 0. The van der Waals surface area contributed by atoms with Crippen molar-refractivity contribution in [1.29, 1.82) is 0 Å². The van der Waals surface area contributed by atoms with Crippen LogP contribution in [0, 0.1) is 12.1 Å². The Morgan fingerprint density at radius 2 is 1.50 bits per heavy atom. The number of rotatable bonds is 5. The van der Waals surface area contributed by atoms with Gasteiger partial charge in [-0.3, -0.25) is 4.98 Å². The zero-order valence-electron chi connectivity index (χ0n) is 29.4. The molecule has 0 saturated carbocycles. The number of pyridine rings is 1. The Kier molecular flexibility index (Phi) is 10.1. The summed E-state index contributed by atoms with van der Waals surface area (Å²) < 4.78 is 8.51. The van der Waals surface area contributed by atoms with Gasteiger partial charge in [0.1, 0.15) is 5.58 Å². The molecule has 0 unspecified atom stereocenters. The van der Waals surface area contributed by atoms with E-state index >= 15 is 0 Å². The van der Waals surface area contributed by atoms with Gasteiger partial charge < -0.3 is 14.0 Å². The number of hydrogen-bond donors (Lipinski definition) is 0. The van der Waals surface area contributed by atoms with E-state index in [4.69, 9.17) is 9.40 Å². The normalized spacial score (nSPS) is 11.7. The van der Waals surface area contributed by atoms with Crippen LogP contribution in [0.5, 0.6) is 0 Å². The van der Waals surface area contributed by atoms with Gasteiger partial charge in [0, 0.05) is 38.2 Å². The van der Waals surface area contributed by atoms with Gasteiger partial charge in [-0.2, -0.15) is 0 Å². The van der Waals surface area contributed by atoms with Crippen LogP contribution in [0.4, 0.5) is 0 Å². The first-order valence-corrected chi connectivity index (χ1v) is 20.4. The quantitative estimate of drug-likeness (QED) is 0.128. The maximum atomic E-state index is 6.25. The summed E-state index contributed by atoms with van der Waals surface area (Å²) in [5.41, 5.74) is 9.47. The molecular formula is C44H41IrN3OSi-2. The Morgan fingerprint density at radius 1 is 0.760 bits per heavy atom. The van der Waals surface area contributed by atoms with E-state index < -0.39 is 8.07 Å². The second kappa shape index (κ2) is 14.3. The Hall–Kier alpha value is -4.61. The monoisotopic (exact) mass is 848 g/mol. The van der Waals surface area contributed by atoms with E-state index in [1.807, 2.05) is 42.6 Å². The molecule has 3 aromatic heterocycles. The van der Waals surface area contributed by atoms with Crippen LogP contribution in [0.3, 0.4) is 0 Å². The number of fused-ring (bicyclic) bond motifs is 4. The third-order valence-electron chi connectivity index (χ3n) is 8.98. The first-order chi connectivity index (χ1) is 23.6. The fourth-order valence-corrected chi connectivity index (χ4v) is 7.13. The summed E-state index contributed by atoms with van der Waals surface area (Å²) in [5.74, 6) is 0.875. The summed E-state index contributed by atoms with van der Waals surface area (Å²) in [6.07, 6.45) is 2.03. The molecule has 0 aliphatic carbocycles. The molecule has 50 heavy (non-hydrogen) atoms. The van der Waals surface area contributed by atoms with Crippen molar-refractivity contribution < 1.29 is 24.5 Å². The first kappa shape index (κ1) is 35.2. The Bertz CT molecular complexity index is 2310. The number of hydrogen-bond acceptors (Lipinski definition) is 3. The molecule has 0 aliphatic rings. The number of nitrogens with zero attached hydrogens (tertiary/aromatic N) is 3. The maximum Gasteiger partial charge on any atom is 0.120 e. The molecule has 6 heteroatoms. The van der Waals surface area contributed by atoms with E-state index in [0.29, 0.717) is 0 Å². The Labute approximate surface area is 309 Å². The zero-order chi connectivity index (χ0) is 34.2. The van der Waals surface area contributed by atoms with E-state index in [0.717, 1.165) is 62.2 Å². The number of para-hydroxylation sites is 3. The van der Waals surface area contributed by atoms with E-state index in [1.54, 1.807) is 0 Å². The van der Waals surface area contributed by atoms with Crippen molar-refractivity contribution >= 4 is 46.2 Å². The van der Waals surface area contributed by atoms with Crippen LogP contribution in [0.1, 0.15) is 31.9 Å². The maximum absolute atomic E-state index is 6.25. The molecule has 0 bridgehead atoms. The molecule has 3 heterocycles. The van der Waals surface area contributed by atoms with Crippen molar-refractivity contribution in [3.63, 3.8) is 0 Å². The van der Waals surface area contributed by atoms with Gasteiger partial charge in [-0.25, -0.2) is 0 Å². The summed E-state index contributed by atoms with van der Waals surface area (Å²) in [6, 6.07) is 48.4. The van der Waals surface area contributed by atoms with Crippen LogP contribution in [-0.4, -0.2) is 22.6 Å². The molecule has 0 amide bonds. The second-order valence-electron chi connectivity index (χ2n) is 14.6.